The highest BCUT2D eigenvalue weighted by Gasteiger charge is 2.14. The molecule has 0 radical (unpaired) electrons. The Morgan fingerprint density at radius 3 is 2.67 bits per heavy atom. The number of aryl methyl sites for hydroxylation is 1. The smallest absolute Gasteiger partial charge is 0.338 e. The number of anilines is 1. The highest BCUT2D eigenvalue weighted by Crippen LogP contribution is 2.27. The molecule has 2 aromatic rings. The average molecular weight is 201 g/mol. The van der Waals surface area contributed by atoms with Crippen molar-refractivity contribution in [2.45, 2.75) is 6.92 Å². The van der Waals surface area contributed by atoms with Gasteiger partial charge in [-0.2, -0.15) is 0 Å². The van der Waals surface area contributed by atoms with Crippen molar-refractivity contribution in [3.05, 3.63) is 41.5 Å². The molecular formula is C12H11NO2. The predicted octanol–water partition coefficient (Wildman–Crippen LogP) is 2.43. The second kappa shape index (κ2) is 3.28. The number of aromatic carboxylic acids is 1. The fourth-order valence-corrected chi connectivity index (χ4v) is 1.73. The van der Waals surface area contributed by atoms with Crippen LogP contribution in [0.25, 0.3) is 10.8 Å². The monoisotopic (exact) mass is 201 g/mol. The summed E-state index contributed by atoms with van der Waals surface area (Å²) >= 11 is 0. The largest absolute Gasteiger partial charge is 0.478 e. The fourth-order valence-electron chi connectivity index (χ4n) is 1.73. The van der Waals surface area contributed by atoms with E-state index in [0.29, 0.717) is 11.1 Å². The minimum atomic E-state index is -0.979. The average Bonchev–Trinajstić information content (AvgIpc) is 2.19. The van der Waals surface area contributed by atoms with Crippen LogP contribution in [-0.4, -0.2) is 11.1 Å². The van der Waals surface area contributed by atoms with Gasteiger partial charge in [-0.25, -0.2) is 4.79 Å². The molecule has 0 aliphatic heterocycles. The number of carbonyl (C=O) groups is 1. The van der Waals surface area contributed by atoms with Gasteiger partial charge in [0.1, 0.15) is 0 Å². The predicted molar refractivity (Wildman–Crippen MR) is 60.1 cm³/mol. The fraction of sp³-hybridized carbons (Fsp3) is 0.0833. The van der Waals surface area contributed by atoms with E-state index in [2.05, 4.69) is 0 Å². The Kier molecular flexibility index (Phi) is 2.08. The summed E-state index contributed by atoms with van der Waals surface area (Å²) in [7, 11) is 0. The maximum Gasteiger partial charge on any atom is 0.338 e. The van der Waals surface area contributed by atoms with Gasteiger partial charge < -0.3 is 10.8 Å². The molecule has 0 aliphatic rings. The number of hydrogen-bond donors (Lipinski definition) is 2. The zero-order valence-electron chi connectivity index (χ0n) is 8.32. The quantitative estimate of drug-likeness (QED) is 0.696. The van der Waals surface area contributed by atoms with Crippen molar-refractivity contribution in [3.63, 3.8) is 0 Å². The topological polar surface area (TPSA) is 63.3 Å². The molecule has 0 unspecified atom stereocenters. The van der Waals surface area contributed by atoms with Gasteiger partial charge in [0.05, 0.1) is 5.56 Å². The van der Waals surface area contributed by atoms with Gasteiger partial charge in [-0.3, -0.25) is 0 Å². The van der Waals surface area contributed by atoms with Crippen LogP contribution in [0.15, 0.2) is 30.3 Å². The van der Waals surface area contributed by atoms with E-state index in [0.717, 1.165) is 10.9 Å². The molecular weight excluding hydrogens is 190 g/mol. The first kappa shape index (κ1) is 9.52. The van der Waals surface area contributed by atoms with Crippen molar-refractivity contribution >= 4 is 22.4 Å². The summed E-state index contributed by atoms with van der Waals surface area (Å²) in [6.07, 6.45) is 0. The van der Waals surface area contributed by atoms with Crippen LogP contribution in [-0.2, 0) is 0 Å². The van der Waals surface area contributed by atoms with E-state index >= 15 is 0 Å². The third-order valence-electron chi connectivity index (χ3n) is 2.51. The first-order chi connectivity index (χ1) is 7.11. The molecule has 0 spiro atoms. The molecule has 0 atom stereocenters. The first-order valence-corrected chi connectivity index (χ1v) is 4.62. The molecule has 3 heteroatoms. The molecule has 3 N–H and O–H groups in total. The third kappa shape index (κ3) is 1.42. The Hall–Kier alpha value is -2.03. The molecule has 0 aliphatic carbocycles. The van der Waals surface area contributed by atoms with Gasteiger partial charge in [-0.15, -0.1) is 0 Å². The number of rotatable bonds is 1. The number of carboxylic acid groups (broad SMARTS) is 1. The molecule has 76 valence electrons. The van der Waals surface area contributed by atoms with Crippen LogP contribution in [0.2, 0.25) is 0 Å². The summed E-state index contributed by atoms with van der Waals surface area (Å²) in [4.78, 5) is 11.1. The molecule has 0 saturated carbocycles. The Balaban J connectivity index is 2.95. The summed E-state index contributed by atoms with van der Waals surface area (Å²) in [6, 6.07) is 9.24. The van der Waals surface area contributed by atoms with Crippen LogP contribution >= 0.6 is 0 Å². The first-order valence-electron chi connectivity index (χ1n) is 4.62. The number of benzene rings is 2. The molecule has 2 rings (SSSR count). The molecule has 3 nitrogen and oxygen atoms in total. The Labute approximate surface area is 87.1 Å². The van der Waals surface area contributed by atoms with Gasteiger partial charge >= 0.3 is 5.97 Å². The Morgan fingerprint density at radius 2 is 2.00 bits per heavy atom. The number of hydrogen-bond acceptors (Lipinski definition) is 2. The van der Waals surface area contributed by atoms with Gasteiger partial charge in [0, 0.05) is 5.69 Å². The van der Waals surface area contributed by atoms with Gasteiger partial charge in [0.25, 0.3) is 0 Å². The van der Waals surface area contributed by atoms with Gasteiger partial charge in [0.2, 0.25) is 0 Å². The minimum Gasteiger partial charge on any atom is -0.478 e. The lowest BCUT2D eigenvalue weighted by Crippen LogP contribution is -2.05. The maximum absolute atomic E-state index is 11.1. The van der Waals surface area contributed by atoms with Crippen molar-refractivity contribution < 1.29 is 9.90 Å². The van der Waals surface area contributed by atoms with E-state index in [-0.39, 0.29) is 5.56 Å². The number of fused-ring (bicyclic) bond motifs is 1. The highest BCUT2D eigenvalue weighted by molar-refractivity contribution is 6.09. The molecule has 0 fully saturated rings. The standard InChI is InChI=1S/C12H11NO2/c1-7-6-8-4-2-3-5-9(8)10(11(7)13)12(14)15/h2-6H,13H2,1H3,(H,14,15). The van der Waals surface area contributed by atoms with E-state index in [1.54, 1.807) is 6.07 Å². The zero-order chi connectivity index (χ0) is 11.0. The molecule has 0 amide bonds. The van der Waals surface area contributed by atoms with Crippen molar-refractivity contribution in [2.75, 3.05) is 5.73 Å². The van der Waals surface area contributed by atoms with Gasteiger partial charge in [0.15, 0.2) is 0 Å². The van der Waals surface area contributed by atoms with Crippen LogP contribution in [0.3, 0.4) is 0 Å². The summed E-state index contributed by atoms with van der Waals surface area (Å²) in [5.41, 5.74) is 7.11. The molecule has 15 heavy (non-hydrogen) atoms. The summed E-state index contributed by atoms with van der Waals surface area (Å²) in [6.45, 7) is 1.81. The van der Waals surface area contributed by atoms with Crippen molar-refractivity contribution in [1.29, 1.82) is 0 Å². The number of nitrogens with two attached hydrogens (primary N) is 1. The molecule has 0 bridgehead atoms. The summed E-state index contributed by atoms with van der Waals surface area (Å²) < 4.78 is 0. The van der Waals surface area contributed by atoms with Crippen LogP contribution in [0, 0.1) is 6.92 Å². The summed E-state index contributed by atoms with van der Waals surface area (Å²) in [5, 5.41) is 10.7. The SMILES string of the molecule is Cc1cc2ccccc2c(C(=O)O)c1N. The van der Waals surface area contributed by atoms with Gasteiger partial charge in [-0.05, 0) is 29.3 Å². The van der Waals surface area contributed by atoms with Crippen molar-refractivity contribution in [2.24, 2.45) is 0 Å². The lowest BCUT2D eigenvalue weighted by molar-refractivity contribution is 0.0700. The molecule has 0 heterocycles. The molecule has 0 aromatic heterocycles. The zero-order valence-corrected chi connectivity index (χ0v) is 8.32. The lowest BCUT2D eigenvalue weighted by atomic mass is 9.99. The Bertz CT molecular complexity index is 547. The minimum absolute atomic E-state index is 0.200. The van der Waals surface area contributed by atoms with Gasteiger partial charge in [-0.1, -0.05) is 24.3 Å². The van der Waals surface area contributed by atoms with Crippen LogP contribution < -0.4 is 5.73 Å². The normalized spacial score (nSPS) is 10.5. The van der Waals surface area contributed by atoms with Crippen LogP contribution in [0.1, 0.15) is 15.9 Å². The van der Waals surface area contributed by atoms with E-state index in [4.69, 9.17) is 10.8 Å². The Morgan fingerprint density at radius 1 is 1.33 bits per heavy atom. The van der Waals surface area contributed by atoms with E-state index in [1.165, 1.54) is 0 Å². The number of carboxylic acids is 1. The molecule has 2 aromatic carbocycles. The maximum atomic E-state index is 11.1. The van der Waals surface area contributed by atoms with Crippen LogP contribution in [0.4, 0.5) is 5.69 Å². The van der Waals surface area contributed by atoms with Crippen LogP contribution in [0.5, 0.6) is 0 Å². The lowest BCUT2D eigenvalue weighted by Gasteiger charge is -2.08. The van der Waals surface area contributed by atoms with E-state index in [1.807, 2.05) is 31.2 Å². The van der Waals surface area contributed by atoms with E-state index in [9.17, 15) is 4.79 Å². The highest BCUT2D eigenvalue weighted by atomic mass is 16.4. The number of nitrogen functional groups attached to an aromatic ring is 1. The second-order valence-electron chi connectivity index (χ2n) is 3.51. The van der Waals surface area contributed by atoms with Crippen molar-refractivity contribution in [1.82, 2.24) is 0 Å². The second-order valence-corrected chi connectivity index (χ2v) is 3.51. The van der Waals surface area contributed by atoms with Crippen molar-refractivity contribution in [3.8, 4) is 0 Å². The molecule has 0 saturated heterocycles. The summed E-state index contributed by atoms with van der Waals surface area (Å²) in [5.74, 6) is -0.979. The third-order valence-corrected chi connectivity index (χ3v) is 2.51. The van der Waals surface area contributed by atoms with E-state index < -0.39 is 5.97 Å².